The Kier molecular flexibility index (Phi) is 5.21. The van der Waals surface area contributed by atoms with Crippen molar-refractivity contribution in [2.24, 2.45) is 0 Å². The predicted molar refractivity (Wildman–Crippen MR) is 55.6 cm³/mol. The Labute approximate surface area is 97.2 Å². The zero-order valence-electron chi connectivity index (χ0n) is 9.20. The highest BCUT2D eigenvalue weighted by Crippen LogP contribution is 2.22. The van der Waals surface area contributed by atoms with Gasteiger partial charge >= 0.3 is 6.18 Å². The van der Waals surface area contributed by atoms with Crippen molar-refractivity contribution in [1.82, 2.24) is 4.98 Å². The lowest BCUT2D eigenvalue weighted by atomic mass is 10.2. The van der Waals surface area contributed by atoms with Gasteiger partial charge in [0, 0.05) is 6.42 Å². The third-order valence-electron chi connectivity index (χ3n) is 2.08. The van der Waals surface area contributed by atoms with E-state index in [1.165, 1.54) is 6.20 Å². The van der Waals surface area contributed by atoms with E-state index in [1.807, 2.05) is 0 Å². The molecular formula is C11H14F3NO2. The number of aliphatic hydroxyl groups is 1. The van der Waals surface area contributed by atoms with Crippen LogP contribution in [-0.4, -0.2) is 22.9 Å². The third-order valence-corrected chi connectivity index (χ3v) is 2.08. The molecule has 17 heavy (non-hydrogen) atoms. The molecule has 1 N–H and O–H groups in total. The van der Waals surface area contributed by atoms with Gasteiger partial charge in [0.05, 0.1) is 25.1 Å². The Morgan fingerprint density at radius 1 is 1.24 bits per heavy atom. The van der Waals surface area contributed by atoms with Crippen LogP contribution < -0.4 is 4.74 Å². The van der Waals surface area contributed by atoms with Gasteiger partial charge in [0.15, 0.2) is 0 Å². The standard InChI is InChI=1S/C11H14F3NO2/c12-11(13,14)5-1-2-6-17-10-4-3-9(8-16)15-7-10/h3-4,7,16H,1-2,5-6,8H2. The highest BCUT2D eigenvalue weighted by Gasteiger charge is 2.25. The molecule has 0 saturated heterocycles. The molecule has 0 saturated carbocycles. The van der Waals surface area contributed by atoms with Crippen LogP contribution in [-0.2, 0) is 6.61 Å². The van der Waals surface area contributed by atoms with E-state index >= 15 is 0 Å². The number of aliphatic hydroxyl groups excluding tert-OH is 1. The van der Waals surface area contributed by atoms with Gasteiger partial charge in [-0.3, -0.25) is 4.98 Å². The van der Waals surface area contributed by atoms with Crippen molar-refractivity contribution < 1.29 is 23.0 Å². The predicted octanol–water partition coefficient (Wildman–Crippen LogP) is 2.69. The topological polar surface area (TPSA) is 42.4 Å². The largest absolute Gasteiger partial charge is 0.492 e. The first-order chi connectivity index (χ1) is 8.01. The number of pyridine rings is 1. The summed E-state index contributed by atoms with van der Waals surface area (Å²) in [5, 5.41) is 8.74. The van der Waals surface area contributed by atoms with E-state index in [4.69, 9.17) is 9.84 Å². The SMILES string of the molecule is OCc1ccc(OCCCCC(F)(F)F)cn1. The van der Waals surface area contributed by atoms with Gasteiger partial charge < -0.3 is 9.84 Å². The first kappa shape index (κ1) is 13.8. The Bertz CT molecular complexity index is 324. The number of unbranched alkanes of at least 4 members (excludes halogenated alkanes) is 1. The van der Waals surface area contributed by atoms with Crippen LogP contribution in [0, 0.1) is 0 Å². The second-order valence-electron chi connectivity index (χ2n) is 3.56. The summed E-state index contributed by atoms with van der Waals surface area (Å²) in [4.78, 5) is 3.88. The number of hydrogen-bond donors (Lipinski definition) is 1. The molecule has 0 aliphatic rings. The molecule has 0 spiro atoms. The average Bonchev–Trinajstić information content (AvgIpc) is 2.28. The first-order valence-electron chi connectivity index (χ1n) is 5.26. The Hall–Kier alpha value is -1.30. The van der Waals surface area contributed by atoms with Crippen LogP contribution in [0.4, 0.5) is 13.2 Å². The third kappa shape index (κ3) is 6.11. The number of aromatic nitrogens is 1. The maximum atomic E-state index is 11.8. The van der Waals surface area contributed by atoms with Gasteiger partial charge in [0.1, 0.15) is 5.75 Å². The van der Waals surface area contributed by atoms with Crippen LogP contribution in [0.15, 0.2) is 18.3 Å². The summed E-state index contributed by atoms with van der Waals surface area (Å²) in [5.74, 6) is 0.495. The molecule has 0 amide bonds. The van der Waals surface area contributed by atoms with E-state index in [1.54, 1.807) is 12.1 Å². The fraction of sp³-hybridized carbons (Fsp3) is 0.545. The molecule has 1 aromatic rings. The van der Waals surface area contributed by atoms with Crippen molar-refractivity contribution in [2.45, 2.75) is 32.0 Å². The van der Waals surface area contributed by atoms with Gasteiger partial charge in [-0.25, -0.2) is 0 Å². The van der Waals surface area contributed by atoms with Crippen LogP contribution in [0.3, 0.4) is 0 Å². The van der Waals surface area contributed by atoms with Crippen molar-refractivity contribution in [3.63, 3.8) is 0 Å². The maximum Gasteiger partial charge on any atom is 0.389 e. The van der Waals surface area contributed by atoms with Crippen LogP contribution in [0.2, 0.25) is 0 Å². The average molecular weight is 249 g/mol. The number of alkyl halides is 3. The number of rotatable bonds is 6. The van der Waals surface area contributed by atoms with Crippen molar-refractivity contribution in [1.29, 1.82) is 0 Å². The second-order valence-corrected chi connectivity index (χ2v) is 3.56. The fourth-order valence-electron chi connectivity index (χ4n) is 1.21. The number of hydrogen-bond acceptors (Lipinski definition) is 3. The van der Waals surface area contributed by atoms with Crippen LogP contribution in [0.25, 0.3) is 0 Å². The van der Waals surface area contributed by atoms with E-state index in [0.717, 1.165) is 0 Å². The zero-order chi connectivity index (χ0) is 12.7. The second kappa shape index (κ2) is 6.44. The van der Waals surface area contributed by atoms with Crippen molar-refractivity contribution in [3.8, 4) is 5.75 Å². The van der Waals surface area contributed by atoms with E-state index in [9.17, 15) is 13.2 Å². The molecule has 0 atom stereocenters. The molecule has 0 bridgehead atoms. The molecule has 0 unspecified atom stereocenters. The minimum absolute atomic E-state index is 0.0612. The number of nitrogens with zero attached hydrogens (tertiary/aromatic N) is 1. The lowest BCUT2D eigenvalue weighted by Gasteiger charge is -2.07. The van der Waals surface area contributed by atoms with E-state index < -0.39 is 12.6 Å². The molecular weight excluding hydrogens is 235 g/mol. The highest BCUT2D eigenvalue weighted by molar-refractivity contribution is 5.19. The fourth-order valence-corrected chi connectivity index (χ4v) is 1.21. The molecule has 1 heterocycles. The molecule has 3 nitrogen and oxygen atoms in total. The van der Waals surface area contributed by atoms with Crippen molar-refractivity contribution >= 4 is 0 Å². The van der Waals surface area contributed by atoms with Crippen LogP contribution in [0.5, 0.6) is 5.75 Å². The summed E-state index contributed by atoms with van der Waals surface area (Å²) in [5.41, 5.74) is 0.523. The van der Waals surface area contributed by atoms with E-state index in [-0.39, 0.29) is 19.6 Å². The number of halogens is 3. The lowest BCUT2D eigenvalue weighted by molar-refractivity contribution is -0.135. The van der Waals surface area contributed by atoms with Crippen molar-refractivity contribution in [2.75, 3.05) is 6.61 Å². The van der Waals surface area contributed by atoms with Crippen LogP contribution >= 0.6 is 0 Å². The summed E-state index contributed by atoms with van der Waals surface area (Å²) in [6, 6.07) is 3.23. The van der Waals surface area contributed by atoms with Crippen molar-refractivity contribution in [3.05, 3.63) is 24.0 Å². The maximum absolute atomic E-state index is 11.8. The van der Waals surface area contributed by atoms with Crippen LogP contribution in [0.1, 0.15) is 25.0 Å². The molecule has 6 heteroatoms. The quantitative estimate of drug-likeness (QED) is 0.788. The molecule has 1 rings (SSSR count). The molecule has 1 aromatic heterocycles. The first-order valence-corrected chi connectivity index (χ1v) is 5.26. The monoisotopic (exact) mass is 249 g/mol. The Balaban J connectivity index is 2.18. The van der Waals surface area contributed by atoms with E-state index in [2.05, 4.69) is 4.98 Å². The highest BCUT2D eigenvalue weighted by atomic mass is 19.4. The Morgan fingerprint density at radius 2 is 2.00 bits per heavy atom. The molecule has 0 fully saturated rings. The smallest absolute Gasteiger partial charge is 0.389 e. The normalized spacial score (nSPS) is 11.5. The molecule has 0 aromatic carbocycles. The summed E-state index contributed by atoms with van der Waals surface area (Å²) in [6.07, 6.45) is -3.02. The lowest BCUT2D eigenvalue weighted by Crippen LogP contribution is -2.08. The summed E-state index contributed by atoms with van der Waals surface area (Å²) in [7, 11) is 0. The van der Waals surface area contributed by atoms with Gasteiger partial charge in [-0.15, -0.1) is 0 Å². The Morgan fingerprint density at radius 3 is 2.53 bits per heavy atom. The molecule has 96 valence electrons. The molecule has 0 radical (unpaired) electrons. The van der Waals surface area contributed by atoms with Gasteiger partial charge in [-0.05, 0) is 25.0 Å². The van der Waals surface area contributed by atoms with Gasteiger partial charge in [0.2, 0.25) is 0 Å². The van der Waals surface area contributed by atoms with Gasteiger partial charge in [-0.1, -0.05) is 0 Å². The number of ether oxygens (including phenoxy) is 1. The summed E-state index contributed by atoms with van der Waals surface area (Å²) >= 11 is 0. The van der Waals surface area contributed by atoms with Gasteiger partial charge in [0.25, 0.3) is 0 Å². The summed E-state index contributed by atoms with van der Waals surface area (Å²) in [6.45, 7) is 0.0854. The molecule has 0 aliphatic heterocycles. The van der Waals surface area contributed by atoms with Gasteiger partial charge in [-0.2, -0.15) is 13.2 Å². The molecule has 0 aliphatic carbocycles. The van der Waals surface area contributed by atoms with E-state index in [0.29, 0.717) is 17.9 Å². The summed E-state index contributed by atoms with van der Waals surface area (Å²) < 4.78 is 40.7. The zero-order valence-corrected chi connectivity index (χ0v) is 9.20. The minimum atomic E-state index is -4.09. The minimum Gasteiger partial charge on any atom is -0.492 e.